The smallest absolute Gasteiger partial charge is 0.319 e. The summed E-state index contributed by atoms with van der Waals surface area (Å²) in [6.07, 6.45) is 0. The molecule has 0 amide bonds. The van der Waals surface area contributed by atoms with Gasteiger partial charge in [-0.05, 0) is 13.5 Å². The number of esters is 3. The monoisotopic (exact) mass is 403 g/mol. The fourth-order valence-corrected chi connectivity index (χ4v) is 2.45. The Morgan fingerprint density at radius 3 is 1.36 bits per heavy atom. The average molecular weight is 403 g/mol. The zero-order valence-corrected chi connectivity index (χ0v) is 17.6. The van der Waals surface area contributed by atoms with Gasteiger partial charge in [-0.1, -0.05) is 6.92 Å². The lowest BCUT2D eigenvalue weighted by molar-refractivity contribution is -0.144. The molecule has 0 aliphatic carbocycles. The highest BCUT2D eigenvalue weighted by molar-refractivity contribution is 5.79. The summed E-state index contributed by atoms with van der Waals surface area (Å²) in [5.74, 6) is -1.22. The second-order valence-corrected chi connectivity index (χ2v) is 6.29. The van der Waals surface area contributed by atoms with Gasteiger partial charge < -0.3 is 14.2 Å². The third-order valence-electron chi connectivity index (χ3n) is 4.10. The van der Waals surface area contributed by atoms with Crippen LogP contribution in [0.2, 0.25) is 0 Å². The van der Waals surface area contributed by atoms with E-state index >= 15 is 0 Å². The van der Waals surface area contributed by atoms with Gasteiger partial charge in [0.1, 0.15) is 5.78 Å². The van der Waals surface area contributed by atoms with Crippen LogP contribution in [0.4, 0.5) is 0 Å². The molecular formula is C18H33N3O7. The van der Waals surface area contributed by atoms with Crippen LogP contribution in [-0.2, 0) is 33.4 Å². The molecule has 0 spiro atoms. The van der Waals surface area contributed by atoms with Crippen LogP contribution in [-0.4, -0.2) is 119 Å². The molecule has 0 saturated carbocycles. The molecule has 0 radical (unpaired) electrons. The van der Waals surface area contributed by atoms with Gasteiger partial charge in [0, 0.05) is 26.2 Å². The van der Waals surface area contributed by atoms with E-state index in [1.165, 1.54) is 28.3 Å². The van der Waals surface area contributed by atoms with Gasteiger partial charge in [0.15, 0.2) is 0 Å². The Hall–Kier alpha value is -2.04. The van der Waals surface area contributed by atoms with Crippen molar-refractivity contribution in [3.63, 3.8) is 0 Å². The fourth-order valence-electron chi connectivity index (χ4n) is 2.45. The Kier molecular flexibility index (Phi) is 13.9. The van der Waals surface area contributed by atoms with Crippen molar-refractivity contribution >= 4 is 23.7 Å². The first-order valence-electron chi connectivity index (χ1n) is 9.12. The molecule has 0 bridgehead atoms. The molecule has 0 fully saturated rings. The van der Waals surface area contributed by atoms with Crippen LogP contribution in [0.1, 0.15) is 13.8 Å². The second kappa shape index (κ2) is 14.9. The number of likely N-dealkylation sites (N-methyl/N-ethyl adjacent to an activating group) is 1. The first-order valence-corrected chi connectivity index (χ1v) is 9.12. The van der Waals surface area contributed by atoms with Gasteiger partial charge in [-0.2, -0.15) is 0 Å². The maximum absolute atomic E-state index is 11.7. The molecule has 0 heterocycles. The number of hydrogen-bond donors (Lipinski definition) is 0. The molecule has 10 nitrogen and oxygen atoms in total. The number of methoxy groups -OCH3 is 3. The van der Waals surface area contributed by atoms with E-state index in [-0.39, 0.29) is 43.9 Å². The van der Waals surface area contributed by atoms with Crippen LogP contribution in [0.5, 0.6) is 0 Å². The summed E-state index contributed by atoms with van der Waals surface area (Å²) in [5.41, 5.74) is 0. The summed E-state index contributed by atoms with van der Waals surface area (Å²) in [7, 11) is 3.94. The first kappa shape index (κ1) is 26.0. The van der Waals surface area contributed by atoms with Gasteiger partial charge in [0.25, 0.3) is 0 Å². The third kappa shape index (κ3) is 12.4. The molecule has 0 aromatic rings. The van der Waals surface area contributed by atoms with Gasteiger partial charge in [-0.3, -0.25) is 33.9 Å². The molecule has 28 heavy (non-hydrogen) atoms. The maximum atomic E-state index is 11.7. The predicted octanol–water partition coefficient (Wildman–Crippen LogP) is -0.980. The van der Waals surface area contributed by atoms with Gasteiger partial charge in [0.2, 0.25) is 0 Å². The SMILES string of the molecule is CCN(CCN(CCN(CC(C)=O)CC(=O)OC)CC(=O)OC)CC(=O)OC. The van der Waals surface area contributed by atoms with Crippen LogP contribution < -0.4 is 0 Å². The van der Waals surface area contributed by atoms with E-state index in [4.69, 9.17) is 4.74 Å². The third-order valence-corrected chi connectivity index (χ3v) is 4.10. The number of Topliss-reactive ketones (excluding diaryl/α,β-unsaturated/α-hetero) is 1. The van der Waals surface area contributed by atoms with Gasteiger partial charge in [0.05, 0.1) is 47.5 Å². The van der Waals surface area contributed by atoms with E-state index in [2.05, 4.69) is 9.47 Å². The first-order chi connectivity index (χ1) is 13.2. The normalized spacial score (nSPS) is 11.0. The van der Waals surface area contributed by atoms with E-state index in [0.29, 0.717) is 32.7 Å². The Balaban J connectivity index is 4.86. The maximum Gasteiger partial charge on any atom is 0.319 e. The summed E-state index contributed by atoms with van der Waals surface area (Å²) in [4.78, 5) is 51.6. The highest BCUT2D eigenvalue weighted by Crippen LogP contribution is 1.98. The van der Waals surface area contributed by atoms with Crippen LogP contribution in [0.25, 0.3) is 0 Å². The minimum Gasteiger partial charge on any atom is -0.468 e. The van der Waals surface area contributed by atoms with Crippen molar-refractivity contribution in [2.75, 3.05) is 80.2 Å². The summed E-state index contributed by atoms with van der Waals surface area (Å²) in [6.45, 7) is 6.26. The lowest BCUT2D eigenvalue weighted by Crippen LogP contribution is -2.44. The van der Waals surface area contributed by atoms with Crippen molar-refractivity contribution in [3.8, 4) is 0 Å². The summed E-state index contributed by atoms with van der Waals surface area (Å²) < 4.78 is 14.1. The molecule has 0 rings (SSSR count). The van der Waals surface area contributed by atoms with Gasteiger partial charge >= 0.3 is 17.9 Å². The molecule has 0 aliphatic heterocycles. The zero-order chi connectivity index (χ0) is 21.5. The Labute approximate surface area is 166 Å². The number of ketones is 1. The van der Waals surface area contributed by atoms with Crippen LogP contribution in [0.15, 0.2) is 0 Å². The van der Waals surface area contributed by atoms with Crippen molar-refractivity contribution in [2.24, 2.45) is 0 Å². The number of carbonyl (C=O) groups is 4. The standard InChI is InChI=1S/C18H33N3O7/c1-6-19(12-16(23)26-3)7-8-20(13-17(24)27-4)9-10-21(11-15(2)22)14-18(25)28-5/h6-14H2,1-5H3. The molecule has 162 valence electrons. The quantitative estimate of drug-likeness (QED) is 0.250. The Morgan fingerprint density at radius 1 is 0.607 bits per heavy atom. The molecule has 0 unspecified atom stereocenters. The summed E-state index contributed by atoms with van der Waals surface area (Å²) in [5, 5.41) is 0. The molecule has 0 N–H and O–H groups in total. The zero-order valence-electron chi connectivity index (χ0n) is 17.6. The second-order valence-electron chi connectivity index (χ2n) is 6.29. The van der Waals surface area contributed by atoms with E-state index in [1.807, 2.05) is 16.7 Å². The van der Waals surface area contributed by atoms with E-state index in [1.54, 1.807) is 4.90 Å². The highest BCUT2D eigenvalue weighted by Gasteiger charge is 2.18. The predicted molar refractivity (Wildman–Crippen MR) is 102 cm³/mol. The van der Waals surface area contributed by atoms with Crippen LogP contribution in [0, 0.1) is 0 Å². The van der Waals surface area contributed by atoms with E-state index < -0.39 is 5.97 Å². The summed E-state index contributed by atoms with van der Waals surface area (Å²) >= 11 is 0. The van der Waals surface area contributed by atoms with Crippen molar-refractivity contribution in [1.29, 1.82) is 0 Å². The van der Waals surface area contributed by atoms with Crippen molar-refractivity contribution in [2.45, 2.75) is 13.8 Å². The Bertz CT molecular complexity index is 513. The van der Waals surface area contributed by atoms with Crippen molar-refractivity contribution in [1.82, 2.24) is 14.7 Å². The van der Waals surface area contributed by atoms with E-state index in [9.17, 15) is 19.2 Å². The van der Waals surface area contributed by atoms with Crippen LogP contribution in [0.3, 0.4) is 0 Å². The fraction of sp³-hybridized carbons (Fsp3) is 0.778. The van der Waals surface area contributed by atoms with Crippen LogP contribution >= 0.6 is 0 Å². The van der Waals surface area contributed by atoms with Crippen molar-refractivity contribution in [3.05, 3.63) is 0 Å². The molecule has 10 heteroatoms. The highest BCUT2D eigenvalue weighted by atomic mass is 16.5. The number of ether oxygens (including phenoxy) is 3. The number of hydrogen-bond acceptors (Lipinski definition) is 10. The Morgan fingerprint density at radius 2 is 0.964 bits per heavy atom. The molecule has 0 aromatic heterocycles. The largest absolute Gasteiger partial charge is 0.468 e. The minimum absolute atomic E-state index is 0.00836. The van der Waals surface area contributed by atoms with Crippen molar-refractivity contribution < 1.29 is 33.4 Å². The molecular weight excluding hydrogens is 370 g/mol. The number of nitrogens with zero attached hydrogens (tertiary/aromatic N) is 3. The molecule has 0 aliphatic rings. The average Bonchev–Trinajstić information content (AvgIpc) is 2.67. The lowest BCUT2D eigenvalue weighted by atomic mass is 10.3. The molecule has 0 aromatic carbocycles. The lowest BCUT2D eigenvalue weighted by Gasteiger charge is -2.28. The van der Waals surface area contributed by atoms with E-state index in [0.717, 1.165) is 0 Å². The van der Waals surface area contributed by atoms with Gasteiger partial charge in [-0.15, -0.1) is 0 Å². The molecule has 0 saturated heterocycles. The number of rotatable bonds is 15. The molecule has 0 atom stereocenters. The van der Waals surface area contributed by atoms with Gasteiger partial charge in [-0.25, -0.2) is 0 Å². The topological polar surface area (TPSA) is 106 Å². The summed E-state index contributed by atoms with van der Waals surface area (Å²) in [6, 6.07) is 0. The minimum atomic E-state index is -0.434. The number of carbonyl (C=O) groups excluding carboxylic acids is 4.